The van der Waals surface area contributed by atoms with Gasteiger partial charge in [0.2, 0.25) is 11.8 Å². The van der Waals surface area contributed by atoms with Crippen molar-refractivity contribution >= 4 is 11.8 Å². The summed E-state index contributed by atoms with van der Waals surface area (Å²) in [5.41, 5.74) is 0. The summed E-state index contributed by atoms with van der Waals surface area (Å²) >= 11 is 0. The molecule has 0 spiro atoms. The summed E-state index contributed by atoms with van der Waals surface area (Å²) in [6, 6.07) is -0.208. The van der Waals surface area contributed by atoms with E-state index in [0.29, 0.717) is 38.5 Å². The molecule has 5 heteroatoms. The van der Waals surface area contributed by atoms with Crippen molar-refractivity contribution in [1.29, 1.82) is 0 Å². The summed E-state index contributed by atoms with van der Waals surface area (Å²) in [6.07, 6.45) is 1.99. The van der Waals surface area contributed by atoms with Gasteiger partial charge in [0, 0.05) is 19.6 Å². The maximum Gasteiger partial charge on any atom is 0.245 e. The van der Waals surface area contributed by atoms with E-state index in [0.717, 1.165) is 6.42 Å². The first-order valence-electron chi connectivity index (χ1n) is 6.75. The van der Waals surface area contributed by atoms with Crippen LogP contribution < -0.4 is 5.32 Å². The first kappa shape index (κ1) is 13.3. The molecule has 18 heavy (non-hydrogen) atoms. The molecule has 2 fully saturated rings. The fourth-order valence-corrected chi connectivity index (χ4v) is 2.62. The van der Waals surface area contributed by atoms with E-state index >= 15 is 0 Å². The highest BCUT2D eigenvalue weighted by atomic mass is 16.5. The van der Waals surface area contributed by atoms with E-state index in [9.17, 15) is 9.59 Å². The maximum absolute atomic E-state index is 12.5. The van der Waals surface area contributed by atoms with Crippen molar-refractivity contribution in [2.45, 2.75) is 45.2 Å². The first-order valence-corrected chi connectivity index (χ1v) is 6.75. The second-order valence-electron chi connectivity index (χ2n) is 5.55. The molecule has 1 N–H and O–H groups in total. The van der Waals surface area contributed by atoms with E-state index in [-0.39, 0.29) is 23.9 Å². The molecule has 2 unspecified atom stereocenters. The van der Waals surface area contributed by atoms with E-state index < -0.39 is 0 Å². The fourth-order valence-electron chi connectivity index (χ4n) is 2.62. The standard InChI is InChI=1S/C13H22N2O3/c1-9(2)7-11-13(17)15(5-3-12(16)14-11)10-4-6-18-8-10/h9-11H,3-8H2,1-2H3,(H,14,16). The lowest BCUT2D eigenvalue weighted by atomic mass is 10.0. The van der Waals surface area contributed by atoms with Crippen LogP contribution in [0.15, 0.2) is 0 Å². The average molecular weight is 254 g/mol. The molecule has 0 aliphatic carbocycles. The summed E-state index contributed by atoms with van der Waals surface area (Å²) in [6.45, 7) is 5.97. The van der Waals surface area contributed by atoms with Gasteiger partial charge in [-0.2, -0.15) is 0 Å². The zero-order chi connectivity index (χ0) is 13.1. The number of carbonyl (C=O) groups is 2. The van der Waals surface area contributed by atoms with E-state index in [1.807, 2.05) is 4.90 Å². The first-order chi connectivity index (χ1) is 8.58. The van der Waals surface area contributed by atoms with Crippen molar-refractivity contribution in [3.63, 3.8) is 0 Å². The minimum Gasteiger partial charge on any atom is -0.379 e. The molecule has 2 aliphatic rings. The third-order valence-corrected chi connectivity index (χ3v) is 3.55. The Morgan fingerprint density at radius 1 is 1.44 bits per heavy atom. The molecule has 2 saturated heterocycles. The normalized spacial score (nSPS) is 29.6. The zero-order valence-electron chi connectivity index (χ0n) is 11.1. The summed E-state index contributed by atoms with van der Waals surface area (Å²) in [5.74, 6) is 0.430. The molecular formula is C13H22N2O3. The largest absolute Gasteiger partial charge is 0.379 e. The van der Waals surface area contributed by atoms with Crippen molar-refractivity contribution in [2.24, 2.45) is 5.92 Å². The Balaban J connectivity index is 2.09. The van der Waals surface area contributed by atoms with Crippen LogP contribution in [0.1, 0.15) is 33.1 Å². The third kappa shape index (κ3) is 3.02. The molecule has 2 atom stereocenters. The second kappa shape index (κ2) is 5.69. The Labute approximate surface area is 108 Å². The molecule has 2 rings (SSSR count). The minimum atomic E-state index is -0.361. The quantitative estimate of drug-likeness (QED) is 0.799. The molecule has 0 saturated carbocycles. The highest BCUT2D eigenvalue weighted by Crippen LogP contribution is 2.18. The lowest BCUT2D eigenvalue weighted by Crippen LogP contribution is -2.49. The number of hydrogen-bond donors (Lipinski definition) is 1. The van der Waals surface area contributed by atoms with Crippen molar-refractivity contribution < 1.29 is 14.3 Å². The number of nitrogens with one attached hydrogen (secondary N) is 1. The molecule has 0 aromatic rings. The Hall–Kier alpha value is -1.10. The number of rotatable bonds is 3. The van der Waals surface area contributed by atoms with E-state index in [4.69, 9.17) is 4.74 Å². The monoisotopic (exact) mass is 254 g/mol. The van der Waals surface area contributed by atoms with Gasteiger partial charge in [0.25, 0.3) is 0 Å². The number of hydrogen-bond acceptors (Lipinski definition) is 3. The van der Waals surface area contributed by atoms with Gasteiger partial charge in [0.1, 0.15) is 6.04 Å². The van der Waals surface area contributed by atoms with Crippen LogP contribution in [-0.2, 0) is 14.3 Å². The molecule has 0 radical (unpaired) electrons. The third-order valence-electron chi connectivity index (χ3n) is 3.55. The van der Waals surface area contributed by atoms with Crippen molar-refractivity contribution in [2.75, 3.05) is 19.8 Å². The lowest BCUT2D eigenvalue weighted by Gasteiger charge is -2.29. The molecule has 2 heterocycles. The van der Waals surface area contributed by atoms with Crippen LogP contribution in [0.2, 0.25) is 0 Å². The van der Waals surface area contributed by atoms with Crippen molar-refractivity contribution in [3.8, 4) is 0 Å². The highest BCUT2D eigenvalue weighted by molar-refractivity contribution is 5.90. The number of carbonyl (C=O) groups excluding carboxylic acids is 2. The summed E-state index contributed by atoms with van der Waals surface area (Å²) in [7, 11) is 0. The smallest absolute Gasteiger partial charge is 0.245 e. The summed E-state index contributed by atoms with van der Waals surface area (Å²) < 4.78 is 5.34. The Kier molecular flexibility index (Phi) is 4.22. The van der Waals surface area contributed by atoms with Crippen LogP contribution in [0.25, 0.3) is 0 Å². The van der Waals surface area contributed by atoms with E-state index in [2.05, 4.69) is 19.2 Å². The molecule has 0 aromatic heterocycles. The van der Waals surface area contributed by atoms with Crippen molar-refractivity contribution in [1.82, 2.24) is 10.2 Å². The predicted molar refractivity (Wildman–Crippen MR) is 66.9 cm³/mol. The number of nitrogens with zero attached hydrogens (tertiary/aromatic N) is 1. The van der Waals surface area contributed by atoms with Gasteiger partial charge in [-0.15, -0.1) is 0 Å². The SMILES string of the molecule is CC(C)CC1NC(=O)CCN(C2CCOC2)C1=O. The highest BCUT2D eigenvalue weighted by Gasteiger charge is 2.35. The van der Waals surface area contributed by atoms with Gasteiger partial charge in [-0.05, 0) is 18.8 Å². The molecule has 5 nitrogen and oxygen atoms in total. The van der Waals surface area contributed by atoms with Gasteiger partial charge in [-0.3, -0.25) is 9.59 Å². The fraction of sp³-hybridized carbons (Fsp3) is 0.846. The van der Waals surface area contributed by atoms with Gasteiger partial charge in [-0.1, -0.05) is 13.8 Å². The molecule has 0 aromatic carbocycles. The van der Waals surface area contributed by atoms with Crippen LogP contribution in [0.3, 0.4) is 0 Å². The Morgan fingerprint density at radius 2 is 2.22 bits per heavy atom. The molecule has 2 amide bonds. The van der Waals surface area contributed by atoms with Crippen LogP contribution in [0.5, 0.6) is 0 Å². The number of ether oxygens (including phenoxy) is 1. The molecule has 0 bridgehead atoms. The molecule has 2 aliphatic heterocycles. The lowest BCUT2D eigenvalue weighted by molar-refractivity contribution is -0.136. The predicted octanol–water partition coefficient (Wildman–Crippen LogP) is 0.539. The van der Waals surface area contributed by atoms with Gasteiger partial charge in [0.15, 0.2) is 0 Å². The van der Waals surface area contributed by atoms with Crippen LogP contribution in [0.4, 0.5) is 0 Å². The topological polar surface area (TPSA) is 58.6 Å². The average Bonchev–Trinajstić information content (AvgIpc) is 2.77. The van der Waals surface area contributed by atoms with Crippen molar-refractivity contribution in [3.05, 3.63) is 0 Å². The number of amides is 2. The Morgan fingerprint density at radius 3 is 2.83 bits per heavy atom. The van der Waals surface area contributed by atoms with Gasteiger partial charge in [-0.25, -0.2) is 0 Å². The molecular weight excluding hydrogens is 232 g/mol. The summed E-state index contributed by atoms with van der Waals surface area (Å²) in [5, 5.41) is 2.84. The maximum atomic E-state index is 12.5. The van der Waals surface area contributed by atoms with Crippen LogP contribution >= 0.6 is 0 Å². The van der Waals surface area contributed by atoms with Crippen LogP contribution in [-0.4, -0.2) is 48.6 Å². The minimum absolute atomic E-state index is 0.0181. The van der Waals surface area contributed by atoms with E-state index in [1.54, 1.807) is 0 Å². The van der Waals surface area contributed by atoms with Gasteiger partial charge in [0.05, 0.1) is 12.6 Å². The Bertz CT molecular complexity index is 324. The van der Waals surface area contributed by atoms with Crippen LogP contribution in [0, 0.1) is 5.92 Å². The second-order valence-corrected chi connectivity index (χ2v) is 5.55. The molecule has 102 valence electrons. The van der Waals surface area contributed by atoms with Gasteiger partial charge >= 0.3 is 0 Å². The van der Waals surface area contributed by atoms with Gasteiger partial charge < -0.3 is 15.0 Å². The van der Waals surface area contributed by atoms with E-state index in [1.165, 1.54) is 0 Å². The summed E-state index contributed by atoms with van der Waals surface area (Å²) in [4.78, 5) is 26.0. The zero-order valence-corrected chi connectivity index (χ0v) is 11.1.